The Morgan fingerprint density at radius 3 is 2.64 bits per heavy atom. The van der Waals surface area contributed by atoms with Crippen LogP contribution >= 0.6 is 11.9 Å². The lowest BCUT2D eigenvalue weighted by molar-refractivity contribution is -0.127. The van der Waals surface area contributed by atoms with E-state index in [-0.39, 0.29) is 5.54 Å². The van der Waals surface area contributed by atoms with Gasteiger partial charge in [0.2, 0.25) is 5.91 Å². The lowest BCUT2D eigenvalue weighted by Gasteiger charge is -2.32. The third kappa shape index (κ3) is 1.70. The van der Waals surface area contributed by atoms with Crippen molar-refractivity contribution >= 4 is 17.9 Å². The first-order valence-corrected chi connectivity index (χ1v) is 4.98. The molecule has 1 aliphatic rings. The molecule has 0 aromatic heterocycles. The Hall–Kier alpha value is -0.180. The second kappa shape index (κ2) is 3.05. The van der Waals surface area contributed by atoms with Crippen LogP contribution in [-0.2, 0) is 4.79 Å². The Morgan fingerprint density at radius 1 is 1.64 bits per heavy atom. The van der Waals surface area contributed by atoms with Gasteiger partial charge in [0.05, 0.1) is 0 Å². The fourth-order valence-electron chi connectivity index (χ4n) is 1.05. The van der Waals surface area contributed by atoms with Crippen LogP contribution in [0.2, 0.25) is 0 Å². The Morgan fingerprint density at radius 2 is 2.27 bits per heavy atom. The van der Waals surface area contributed by atoms with Crippen LogP contribution in [0.4, 0.5) is 0 Å². The number of carbonyl (C=O) groups excluding carboxylic acids is 1. The van der Waals surface area contributed by atoms with Crippen LogP contribution in [0.1, 0.15) is 33.6 Å². The molecule has 0 spiro atoms. The normalized spacial score (nSPS) is 19.5. The highest BCUT2D eigenvalue weighted by Crippen LogP contribution is 2.32. The largest absolute Gasteiger partial charge is 0.281 e. The summed E-state index contributed by atoms with van der Waals surface area (Å²) in [4.78, 5) is 11.3. The number of nitrogens with zero attached hydrogens (tertiary/aromatic N) is 1. The molecule has 0 bridgehead atoms. The molecular formula is C8H15NOS. The molecule has 0 unspecified atom stereocenters. The molecule has 0 radical (unpaired) electrons. The summed E-state index contributed by atoms with van der Waals surface area (Å²) in [6.45, 7) is 6.35. The highest BCUT2D eigenvalue weighted by molar-refractivity contribution is 7.98. The Labute approximate surface area is 72.5 Å². The number of hydrogen-bond donors (Lipinski definition) is 0. The van der Waals surface area contributed by atoms with Gasteiger partial charge in [0.25, 0.3) is 0 Å². The van der Waals surface area contributed by atoms with Crippen LogP contribution < -0.4 is 0 Å². The molecule has 0 N–H and O–H groups in total. The maximum absolute atomic E-state index is 11.3. The quantitative estimate of drug-likeness (QED) is 0.596. The van der Waals surface area contributed by atoms with Crippen molar-refractivity contribution in [2.24, 2.45) is 0 Å². The second-order valence-electron chi connectivity index (χ2n) is 3.44. The molecule has 1 amide bonds. The lowest BCUT2D eigenvalue weighted by atomic mass is 10.0. The van der Waals surface area contributed by atoms with Crippen LogP contribution in [0, 0.1) is 0 Å². The van der Waals surface area contributed by atoms with E-state index >= 15 is 0 Å². The molecule has 0 aliphatic carbocycles. The van der Waals surface area contributed by atoms with Crippen molar-refractivity contribution < 1.29 is 4.79 Å². The lowest BCUT2D eigenvalue weighted by Crippen LogP contribution is -2.39. The SMILES string of the molecule is CCC(C)(C)N1SCCC1=O. The first kappa shape index (κ1) is 8.91. The maximum atomic E-state index is 11.3. The van der Waals surface area contributed by atoms with Crippen molar-refractivity contribution in [3.05, 3.63) is 0 Å². The van der Waals surface area contributed by atoms with Gasteiger partial charge in [-0.15, -0.1) is 0 Å². The zero-order chi connectivity index (χ0) is 8.48. The van der Waals surface area contributed by atoms with Crippen molar-refractivity contribution in [1.29, 1.82) is 0 Å². The molecule has 1 aliphatic heterocycles. The van der Waals surface area contributed by atoms with E-state index in [1.807, 2.05) is 4.31 Å². The first-order valence-electron chi connectivity index (χ1n) is 4.04. The Balaban J connectivity index is 2.65. The van der Waals surface area contributed by atoms with Crippen LogP contribution in [0.3, 0.4) is 0 Å². The summed E-state index contributed by atoms with van der Waals surface area (Å²) in [5.74, 6) is 1.25. The van der Waals surface area contributed by atoms with E-state index in [1.165, 1.54) is 0 Å². The van der Waals surface area contributed by atoms with Gasteiger partial charge in [-0.3, -0.25) is 9.10 Å². The molecule has 1 saturated heterocycles. The van der Waals surface area contributed by atoms with Crippen molar-refractivity contribution in [3.8, 4) is 0 Å². The molecule has 0 aromatic carbocycles. The molecule has 2 nitrogen and oxygen atoms in total. The van der Waals surface area contributed by atoms with E-state index in [2.05, 4.69) is 20.8 Å². The summed E-state index contributed by atoms with van der Waals surface area (Å²) in [6.07, 6.45) is 1.74. The number of carbonyl (C=O) groups is 1. The van der Waals surface area contributed by atoms with Crippen LogP contribution in [0.5, 0.6) is 0 Å². The van der Waals surface area contributed by atoms with Crippen LogP contribution in [-0.4, -0.2) is 21.5 Å². The molecule has 1 heterocycles. The topological polar surface area (TPSA) is 20.3 Å². The fourth-order valence-corrected chi connectivity index (χ4v) is 2.22. The van der Waals surface area contributed by atoms with Crippen LogP contribution in [0.15, 0.2) is 0 Å². The first-order chi connectivity index (χ1) is 5.08. The standard InChI is InChI=1S/C8H15NOS/c1-4-8(2,3)9-7(10)5-6-11-9/h4-6H2,1-3H3. The van der Waals surface area contributed by atoms with Gasteiger partial charge in [0.15, 0.2) is 0 Å². The van der Waals surface area contributed by atoms with Gasteiger partial charge in [-0.05, 0) is 32.2 Å². The van der Waals surface area contributed by atoms with Gasteiger partial charge >= 0.3 is 0 Å². The number of amides is 1. The molecule has 0 atom stereocenters. The van der Waals surface area contributed by atoms with Gasteiger partial charge in [-0.25, -0.2) is 0 Å². The highest BCUT2D eigenvalue weighted by Gasteiger charge is 2.33. The Bertz CT molecular complexity index is 167. The molecule has 64 valence electrons. The molecule has 0 saturated carbocycles. The predicted molar refractivity (Wildman–Crippen MR) is 48.3 cm³/mol. The average Bonchev–Trinajstić information content (AvgIpc) is 2.36. The van der Waals surface area contributed by atoms with E-state index in [0.717, 1.165) is 12.2 Å². The highest BCUT2D eigenvalue weighted by atomic mass is 32.2. The maximum Gasteiger partial charge on any atom is 0.233 e. The van der Waals surface area contributed by atoms with E-state index in [4.69, 9.17) is 0 Å². The fraction of sp³-hybridized carbons (Fsp3) is 0.875. The predicted octanol–water partition coefficient (Wildman–Crippen LogP) is 2.06. The summed E-state index contributed by atoms with van der Waals surface area (Å²) in [6, 6.07) is 0. The molecule has 0 aromatic rings. The summed E-state index contributed by atoms with van der Waals surface area (Å²) >= 11 is 1.67. The summed E-state index contributed by atoms with van der Waals surface area (Å²) < 4.78 is 1.92. The zero-order valence-corrected chi connectivity index (χ0v) is 8.20. The molecule has 11 heavy (non-hydrogen) atoms. The van der Waals surface area contributed by atoms with E-state index < -0.39 is 0 Å². The van der Waals surface area contributed by atoms with Crippen molar-refractivity contribution in [3.63, 3.8) is 0 Å². The summed E-state index contributed by atoms with van der Waals surface area (Å²) in [5.41, 5.74) is 0.0399. The third-order valence-electron chi connectivity index (χ3n) is 2.18. The van der Waals surface area contributed by atoms with E-state index in [0.29, 0.717) is 12.3 Å². The van der Waals surface area contributed by atoms with Crippen molar-refractivity contribution in [2.45, 2.75) is 39.2 Å². The minimum absolute atomic E-state index is 0.0399. The third-order valence-corrected chi connectivity index (χ3v) is 3.52. The molecule has 3 heteroatoms. The van der Waals surface area contributed by atoms with Gasteiger partial charge < -0.3 is 0 Å². The molecular weight excluding hydrogens is 158 g/mol. The molecule has 1 rings (SSSR count). The van der Waals surface area contributed by atoms with Gasteiger partial charge in [0, 0.05) is 17.7 Å². The van der Waals surface area contributed by atoms with Gasteiger partial charge in [-0.1, -0.05) is 6.92 Å². The number of rotatable bonds is 2. The summed E-state index contributed by atoms with van der Waals surface area (Å²) in [7, 11) is 0. The summed E-state index contributed by atoms with van der Waals surface area (Å²) in [5, 5.41) is 0. The minimum atomic E-state index is 0.0399. The monoisotopic (exact) mass is 173 g/mol. The van der Waals surface area contributed by atoms with Crippen molar-refractivity contribution in [1.82, 2.24) is 4.31 Å². The Kier molecular flexibility index (Phi) is 2.47. The van der Waals surface area contributed by atoms with Crippen molar-refractivity contribution in [2.75, 3.05) is 5.75 Å². The van der Waals surface area contributed by atoms with Crippen LogP contribution in [0.25, 0.3) is 0 Å². The average molecular weight is 173 g/mol. The van der Waals surface area contributed by atoms with Gasteiger partial charge in [0.1, 0.15) is 0 Å². The van der Waals surface area contributed by atoms with Gasteiger partial charge in [-0.2, -0.15) is 0 Å². The zero-order valence-electron chi connectivity index (χ0n) is 7.39. The minimum Gasteiger partial charge on any atom is -0.281 e. The van der Waals surface area contributed by atoms with E-state index in [1.54, 1.807) is 11.9 Å². The smallest absolute Gasteiger partial charge is 0.233 e. The van der Waals surface area contributed by atoms with E-state index in [9.17, 15) is 4.79 Å². The molecule has 1 fully saturated rings. The second-order valence-corrected chi connectivity index (χ2v) is 4.47. The number of hydrogen-bond acceptors (Lipinski definition) is 2.